The van der Waals surface area contributed by atoms with Gasteiger partial charge in [-0.25, -0.2) is 8.42 Å². The van der Waals surface area contributed by atoms with Gasteiger partial charge in [-0.3, -0.25) is 24.5 Å². The summed E-state index contributed by atoms with van der Waals surface area (Å²) in [6.07, 6.45) is 1.67. The maximum atomic E-state index is 13.5. The Labute approximate surface area is 211 Å². The quantitative estimate of drug-likeness (QED) is 0.451. The molecule has 0 atom stereocenters. The zero-order chi connectivity index (χ0) is 26.6. The maximum absolute atomic E-state index is 13.5. The van der Waals surface area contributed by atoms with Crippen molar-refractivity contribution in [2.75, 3.05) is 45.3 Å². The molecule has 0 unspecified atom stereocenters. The molecule has 12 heteroatoms. The summed E-state index contributed by atoms with van der Waals surface area (Å²) in [6, 6.07) is 4.13. The van der Waals surface area contributed by atoms with Crippen molar-refractivity contribution in [3.63, 3.8) is 0 Å². The summed E-state index contributed by atoms with van der Waals surface area (Å²) in [4.78, 5) is 39.5. The van der Waals surface area contributed by atoms with Crippen molar-refractivity contribution in [1.82, 2.24) is 13.9 Å². The van der Waals surface area contributed by atoms with E-state index < -0.39 is 21.8 Å². The van der Waals surface area contributed by atoms with Gasteiger partial charge in [0.25, 0.3) is 11.8 Å². The molecule has 3 N–H and O–H groups in total. The number of primary amides is 1. The van der Waals surface area contributed by atoms with Crippen molar-refractivity contribution in [1.29, 1.82) is 0 Å². The molecule has 3 rings (SSSR count). The van der Waals surface area contributed by atoms with Crippen molar-refractivity contribution in [3.8, 4) is 5.75 Å². The topological polar surface area (TPSA) is 144 Å². The van der Waals surface area contributed by atoms with Gasteiger partial charge in [0.1, 0.15) is 11.4 Å². The Kier molecular flexibility index (Phi) is 8.54. The number of hydrogen-bond acceptors (Lipinski definition) is 7. The summed E-state index contributed by atoms with van der Waals surface area (Å²) in [7, 11) is -1.92. The summed E-state index contributed by atoms with van der Waals surface area (Å²) in [5.41, 5.74) is 9.25. The molecule has 36 heavy (non-hydrogen) atoms. The van der Waals surface area contributed by atoms with Gasteiger partial charge in [0.2, 0.25) is 10.0 Å². The van der Waals surface area contributed by atoms with E-state index in [0.29, 0.717) is 56.6 Å². The SMILES string of the molecule is CCCc1c(C=O)c(C)c(C(N)=O)n1NC(=O)c1cc(S(=O)(=O)N2CCN(C)CC2)ccc1OCC. The number of piperazine rings is 1. The fourth-order valence-corrected chi connectivity index (χ4v) is 5.74. The molecule has 1 fully saturated rings. The number of rotatable bonds is 10. The number of hydrogen-bond donors (Lipinski definition) is 2. The van der Waals surface area contributed by atoms with Crippen LogP contribution in [0.4, 0.5) is 0 Å². The van der Waals surface area contributed by atoms with Gasteiger partial charge in [0.05, 0.1) is 22.8 Å². The average molecular weight is 520 g/mol. The van der Waals surface area contributed by atoms with E-state index in [-0.39, 0.29) is 34.1 Å². The second-order valence-electron chi connectivity index (χ2n) is 8.64. The predicted molar refractivity (Wildman–Crippen MR) is 135 cm³/mol. The molecular formula is C24H33N5O6S. The second kappa shape index (κ2) is 11.2. The van der Waals surface area contributed by atoms with E-state index in [2.05, 4.69) is 5.43 Å². The smallest absolute Gasteiger partial charge is 0.273 e. The third-order valence-electron chi connectivity index (χ3n) is 6.21. The summed E-state index contributed by atoms with van der Waals surface area (Å²) in [6.45, 7) is 7.36. The first-order chi connectivity index (χ1) is 17.1. The fraction of sp³-hybridized carbons (Fsp3) is 0.458. The molecule has 0 spiro atoms. The third kappa shape index (κ3) is 5.30. The van der Waals surface area contributed by atoms with Crippen LogP contribution in [0.3, 0.4) is 0 Å². The van der Waals surface area contributed by atoms with Gasteiger partial charge in [0, 0.05) is 31.7 Å². The van der Waals surface area contributed by atoms with Gasteiger partial charge in [0.15, 0.2) is 6.29 Å². The second-order valence-corrected chi connectivity index (χ2v) is 10.6. The normalized spacial score (nSPS) is 15.0. The molecule has 11 nitrogen and oxygen atoms in total. The highest BCUT2D eigenvalue weighted by molar-refractivity contribution is 7.89. The van der Waals surface area contributed by atoms with Crippen molar-refractivity contribution in [2.45, 2.75) is 38.5 Å². The Morgan fingerprint density at radius 2 is 1.83 bits per heavy atom. The van der Waals surface area contributed by atoms with Crippen LogP contribution in [0.2, 0.25) is 0 Å². The fourth-order valence-electron chi connectivity index (χ4n) is 4.29. The lowest BCUT2D eigenvalue weighted by atomic mass is 10.1. The minimum absolute atomic E-state index is 0.0203. The molecule has 1 aliphatic heterocycles. The average Bonchev–Trinajstić information content (AvgIpc) is 3.09. The number of benzene rings is 1. The zero-order valence-corrected chi connectivity index (χ0v) is 21.9. The molecule has 196 valence electrons. The summed E-state index contributed by atoms with van der Waals surface area (Å²) in [5, 5.41) is 0. The monoisotopic (exact) mass is 519 g/mol. The molecule has 2 aromatic rings. The summed E-state index contributed by atoms with van der Waals surface area (Å²) in [5.74, 6) is -1.33. The minimum Gasteiger partial charge on any atom is -0.493 e. The Balaban J connectivity index is 2.06. The van der Waals surface area contributed by atoms with Gasteiger partial charge in [-0.15, -0.1) is 0 Å². The van der Waals surface area contributed by atoms with Crippen molar-refractivity contribution < 1.29 is 27.5 Å². The first-order valence-corrected chi connectivity index (χ1v) is 13.3. The van der Waals surface area contributed by atoms with E-state index in [1.54, 1.807) is 13.8 Å². The lowest BCUT2D eigenvalue weighted by Gasteiger charge is -2.31. The van der Waals surface area contributed by atoms with Gasteiger partial charge in [-0.1, -0.05) is 13.3 Å². The van der Waals surface area contributed by atoms with Crippen LogP contribution >= 0.6 is 0 Å². The van der Waals surface area contributed by atoms with Crippen LogP contribution in [0.15, 0.2) is 23.1 Å². The van der Waals surface area contributed by atoms with E-state index in [0.717, 1.165) is 0 Å². The van der Waals surface area contributed by atoms with Crippen LogP contribution in [-0.2, 0) is 16.4 Å². The molecule has 0 bridgehead atoms. The zero-order valence-electron chi connectivity index (χ0n) is 21.0. The maximum Gasteiger partial charge on any atom is 0.273 e. The number of likely N-dealkylation sites (N-methyl/N-ethyl adjacent to an activating group) is 1. The van der Waals surface area contributed by atoms with E-state index in [1.807, 2.05) is 18.9 Å². The highest BCUT2D eigenvalue weighted by atomic mass is 32.2. The largest absolute Gasteiger partial charge is 0.493 e. The molecule has 2 heterocycles. The number of aromatic nitrogens is 1. The number of ether oxygens (including phenoxy) is 1. The van der Waals surface area contributed by atoms with E-state index in [1.165, 1.54) is 27.2 Å². The minimum atomic E-state index is -3.85. The van der Waals surface area contributed by atoms with Crippen LogP contribution in [0, 0.1) is 6.92 Å². The van der Waals surface area contributed by atoms with Crippen molar-refractivity contribution >= 4 is 28.1 Å². The molecule has 2 amide bonds. The van der Waals surface area contributed by atoms with Crippen LogP contribution in [0.1, 0.15) is 62.7 Å². The molecular weight excluding hydrogens is 486 g/mol. The van der Waals surface area contributed by atoms with Gasteiger partial charge in [-0.2, -0.15) is 4.31 Å². The molecule has 0 aliphatic carbocycles. The Bertz CT molecular complexity index is 1260. The van der Waals surface area contributed by atoms with Crippen molar-refractivity contribution in [3.05, 3.63) is 46.3 Å². The Morgan fingerprint density at radius 1 is 1.17 bits per heavy atom. The number of nitrogens with one attached hydrogen (secondary N) is 1. The first-order valence-electron chi connectivity index (χ1n) is 11.8. The molecule has 1 aromatic heterocycles. The van der Waals surface area contributed by atoms with Crippen LogP contribution < -0.4 is 15.9 Å². The summed E-state index contributed by atoms with van der Waals surface area (Å²) >= 11 is 0. The predicted octanol–water partition coefficient (Wildman–Crippen LogP) is 1.38. The molecule has 1 aromatic carbocycles. The lowest BCUT2D eigenvalue weighted by Crippen LogP contribution is -2.47. The molecule has 1 aliphatic rings. The van der Waals surface area contributed by atoms with Gasteiger partial charge in [-0.05, 0) is 51.1 Å². The number of nitrogens with two attached hydrogens (primary N) is 1. The third-order valence-corrected chi connectivity index (χ3v) is 8.11. The lowest BCUT2D eigenvalue weighted by molar-refractivity contribution is 0.0985. The number of nitrogens with zero attached hydrogens (tertiary/aromatic N) is 3. The van der Waals surface area contributed by atoms with Gasteiger partial charge >= 0.3 is 0 Å². The first kappa shape index (κ1) is 27.4. The highest BCUT2D eigenvalue weighted by Gasteiger charge is 2.30. The number of amides is 2. The Morgan fingerprint density at radius 3 is 2.39 bits per heavy atom. The molecule has 1 saturated heterocycles. The van der Waals surface area contributed by atoms with Crippen LogP contribution in [0.25, 0.3) is 0 Å². The number of sulfonamides is 1. The Hall–Kier alpha value is -3.22. The van der Waals surface area contributed by atoms with Crippen molar-refractivity contribution in [2.24, 2.45) is 5.73 Å². The van der Waals surface area contributed by atoms with Crippen LogP contribution in [-0.4, -0.2) is 80.2 Å². The number of aldehydes is 1. The molecule has 0 saturated carbocycles. The molecule has 0 radical (unpaired) electrons. The standard InChI is InChI=1S/C24H33N5O6S/c1-5-7-20-19(15-30)16(3)22(23(25)31)29(20)26-24(32)18-14-17(8-9-21(18)35-6-2)36(33,34)28-12-10-27(4)11-13-28/h8-9,14-15H,5-7,10-13H2,1-4H3,(H2,25,31)(H,26,32). The van der Waals surface area contributed by atoms with Gasteiger partial charge < -0.3 is 15.4 Å². The van der Waals surface area contributed by atoms with E-state index in [9.17, 15) is 22.8 Å². The highest BCUT2D eigenvalue weighted by Crippen LogP contribution is 2.27. The number of carbonyl (C=O) groups excluding carboxylic acids is 3. The number of carbonyl (C=O) groups is 3. The summed E-state index contributed by atoms with van der Waals surface area (Å²) < 4.78 is 34.8. The van der Waals surface area contributed by atoms with Crippen LogP contribution in [0.5, 0.6) is 5.75 Å². The van der Waals surface area contributed by atoms with E-state index >= 15 is 0 Å². The van der Waals surface area contributed by atoms with E-state index in [4.69, 9.17) is 10.5 Å².